The van der Waals surface area contributed by atoms with Crippen molar-refractivity contribution in [2.45, 2.75) is 31.4 Å². The zero-order valence-electron chi connectivity index (χ0n) is 18.2. The lowest BCUT2D eigenvalue weighted by atomic mass is 9.82. The first-order chi connectivity index (χ1) is 15.7. The number of rotatable bonds is 5. The van der Waals surface area contributed by atoms with E-state index in [1.165, 1.54) is 30.6 Å². The van der Waals surface area contributed by atoms with Crippen LogP contribution in [-0.4, -0.2) is 54.2 Å². The Morgan fingerprint density at radius 2 is 1.55 bits per heavy atom. The first kappa shape index (κ1) is 23.1. The van der Waals surface area contributed by atoms with Crippen molar-refractivity contribution in [3.05, 3.63) is 65.7 Å². The maximum absolute atomic E-state index is 12.5. The van der Waals surface area contributed by atoms with Crippen molar-refractivity contribution in [2.24, 2.45) is 11.8 Å². The van der Waals surface area contributed by atoms with E-state index in [1.807, 2.05) is 35.2 Å². The summed E-state index contributed by atoms with van der Waals surface area (Å²) in [5.74, 6) is -0.376. The maximum Gasteiger partial charge on any atom is 0.490 e. The number of hydrogen-bond donors (Lipinski definition) is 1. The summed E-state index contributed by atoms with van der Waals surface area (Å²) in [4.78, 5) is 26.1. The van der Waals surface area contributed by atoms with Gasteiger partial charge in [0.25, 0.3) is 0 Å². The summed E-state index contributed by atoms with van der Waals surface area (Å²) in [7, 11) is 0. The van der Waals surface area contributed by atoms with E-state index >= 15 is 0 Å². The predicted molar refractivity (Wildman–Crippen MR) is 118 cm³/mol. The van der Waals surface area contributed by atoms with Crippen LogP contribution in [0.1, 0.15) is 29.9 Å². The summed E-state index contributed by atoms with van der Waals surface area (Å²) >= 11 is 0. The lowest BCUT2D eigenvalue weighted by Gasteiger charge is -2.42. The zero-order valence-corrected chi connectivity index (χ0v) is 18.2. The third-order valence-corrected chi connectivity index (χ3v) is 6.54. The summed E-state index contributed by atoms with van der Waals surface area (Å²) in [5.41, 5.74) is 4.06. The molecular weight excluding hydrogens is 433 g/mol. The first-order valence-electron chi connectivity index (χ1n) is 11.2. The van der Waals surface area contributed by atoms with Crippen LogP contribution < -0.4 is 4.90 Å². The standard InChI is InChI=1S/C23H26N2O.C2HF3O2/c26-23(12-17-6-2-1-3-7-17)25-14-19(15-25)21-16-24(13-18-10-11-18)22-9-5-4-8-20(21)22;3-2(4,5)1(6)7/h1-9,18-19,21H,10-16H2;(H,6,7). The van der Waals surface area contributed by atoms with Gasteiger partial charge in [0.15, 0.2) is 0 Å². The molecule has 1 saturated carbocycles. The summed E-state index contributed by atoms with van der Waals surface area (Å²) in [5, 5.41) is 7.12. The number of amides is 1. The highest BCUT2D eigenvalue weighted by atomic mass is 19.4. The number of carboxylic acid groups (broad SMARTS) is 1. The van der Waals surface area contributed by atoms with Crippen molar-refractivity contribution in [3.8, 4) is 0 Å². The molecule has 5 nitrogen and oxygen atoms in total. The second-order valence-electron chi connectivity index (χ2n) is 9.04. The van der Waals surface area contributed by atoms with Crippen molar-refractivity contribution in [2.75, 3.05) is 31.1 Å². The van der Waals surface area contributed by atoms with Crippen LogP contribution in [0.2, 0.25) is 0 Å². The average molecular weight is 460 g/mol. The van der Waals surface area contributed by atoms with Crippen LogP contribution in [0.3, 0.4) is 0 Å². The van der Waals surface area contributed by atoms with Crippen LogP contribution in [0.4, 0.5) is 18.9 Å². The van der Waals surface area contributed by atoms with Crippen LogP contribution in [0.5, 0.6) is 0 Å². The number of fused-ring (bicyclic) bond motifs is 1. The molecule has 3 aliphatic rings. The number of halogens is 3. The number of hydrogen-bond acceptors (Lipinski definition) is 3. The fourth-order valence-electron chi connectivity index (χ4n) is 4.56. The smallest absolute Gasteiger partial charge is 0.475 e. The average Bonchev–Trinajstić information content (AvgIpc) is 3.49. The summed E-state index contributed by atoms with van der Waals surface area (Å²) in [6.07, 6.45) is -1.76. The van der Waals surface area contributed by atoms with E-state index in [0.29, 0.717) is 18.3 Å². The quantitative estimate of drug-likeness (QED) is 0.722. The van der Waals surface area contributed by atoms with Crippen molar-refractivity contribution in [1.82, 2.24) is 4.90 Å². The highest BCUT2D eigenvalue weighted by molar-refractivity contribution is 5.79. The van der Waals surface area contributed by atoms with E-state index in [1.54, 1.807) is 0 Å². The van der Waals surface area contributed by atoms with Gasteiger partial charge in [-0.05, 0) is 36.0 Å². The van der Waals surface area contributed by atoms with Crippen molar-refractivity contribution in [1.29, 1.82) is 0 Å². The van der Waals surface area contributed by atoms with Crippen molar-refractivity contribution < 1.29 is 27.9 Å². The number of anilines is 1. The zero-order chi connectivity index (χ0) is 23.6. The Hall–Kier alpha value is -3.03. The van der Waals surface area contributed by atoms with Crippen LogP contribution in [0.15, 0.2) is 54.6 Å². The van der Waals surface area contributed by atoms with Gasteiger partial charge in [-0.2, -0.15) is 13.2 Å². The van der Waals surface area contributed by atoms with Gasteiger partial charge >= 0.3 is 12.1 Å². The molecule has 33 heavy (non-hydrogen) atoms. The van der Waals surface area contributed by atoms with Crippen LogP contribution in [0, 0.1) is 11.8 Å². The van der Waals surface area contributed by atoms with E-state index in [2.05, 4.69) is 29.2 Å². The fourth-order valence-corrected chi connectivity index (χ4v) is 4.56. The van der Waals surface area contributed by atoms with Crippen LogP contribution in [-0.2, 0) is 16.0 Å². The number of carbonyl (C=O) groups is 2. The SMILES string of the molecule is O=C(Cc1ccccc1)N1CC(C2CN(CC3CC3)c3ccccc32)C1.O=C(O)C(F)(F)F. The third-order valence-electron chi connectivity index (χ3n) is 6.54. The fraction of sp³-hybridized carbons (Fsp3) is 0.440. The van der Waals surface area contributed by atoms with E-state index in [4.69, 9.17) is 9.90 Å². The molecule has 5 rings (SSSR count). The van der Waals surface area contributed by atoms with Gasteiger partial charge in [-0.25, -0.2) is 4.79 Å². The van der Waals surface area contributed by atoms with Gasteiger partial charge in [0, 0.05) is 43.7 Å². The largest absolute Gasteiger partial charge is 0.490 e. The minimum atomic E-state index is -5.08. The Morgan fingerprint density at radius 1 is 0.939 bits per heavy atom. The molecule has 0 radical (unpaired) electrons. The summed E-state index contributed by atoms with van der Waals surface area (Å²) in [6, 6.07) is 19.0. The number of alkyl halides is 3. The molecule has 8 heteroatoms. The Bertz CT molecular complexity index is 986. The molecule has 2 aliphatic heterocycles. The minimum Gasteiger partial charge on any atom is -0.475 e. The lowest BCUT2D eigenvalue weighted by molar-refractivity contribution is -0.192. The van der Waals surface area contributed by atoms with Gasteiger partial charge in [-0.3, -0.25) is 4.79 Å². The Balaban J connectivity index is 0.000000325. The molecular formula is C25H27F3N2O3. The first-order valence-corrected chi connectivity index (χ1v) is 11.2. The van der Waals surface area contributed by atoms with E-state index < -0.39 is 12.1 Å². The molecule has 1 amide bonds. The van der Waals surface area contributed by atoms with Gasteiger partial charge in [-0.1, -0.05) is 48.5 Å². The second-order valence-corrected chi connectivity index (χ2v) is 9.04. The predicted octanol–water partition coefficient (Wildman–Crippen LogP) is 4.33. The molecule has 0 spiro atoms. The van der Waals surface area contributed by atoms with Gasteiger partial charge in [-0.15, -0.1) is 0 Å². The van der Waals surface area contributed by atoms with Crippen molar-refractivity contribution >= 4 is 17.6 Å². The monoisotopic (exact) mass is 460 g/mol. The highest BCUT2D eigenvalue weighted by Crippen LogP contribution is 2.45. The number of nitrogens with zero attached hydrogens (tertiary/aromatic N) is 2. The van der Waals surface area contributed by atoms with Crippen LogP contribution >= 0.6 is 0 Å². The molecule has 176 valence electrons. The molecule has 0 bridgehead atoms. The summed E-state index contributed by atoms with van der Waals surface area (Å²) < 4.78 is 31.7. The van der Waals surface area contributed by atoms with Gasteiger partial charge in [0.2, 0.25) is 5.91 Å². The van der Waals surface area contributed by atoms with E-state index in [9.17, 15) is 18.0 Å². The number of para-hydroxylation sites is 1. The lowest BCUT2D eigenvalue weighted by Crippen LogP contribution is -2.53. The second kappa shape index (κ2) is 9.45. The highest BCUT2D eigenvalue weighted by Gasteiger charge is 2.42. The molecule has 1 N–H and O–H groups in total. The molecule has 2 fully saturated rings. The molecule has 1 aliphatic carbocycles. The molecule has 1 atom stereocenters. The molecule has 0 aromatic heterocycles. The third kappa shape index (κ3) is 5.67. The topological polar surface area (TPSA) is 60.9 Å². The van der Waals surface area contributed by atoms with E-state index in [-0.39, 0.29) is 5.91 Å². The number of benzene rings is 2. The van der Waals surface area contributed by atoms with Gasteiger partial charge in [0.05, 0.1) is 6.42 Å². The Kier molecular flexibility index (Phi) is 6.63. The van der Waals surface area contributed by atoms with Crippen LogP contribution in [0.25, 0.3) is 0 Å². The van der Waals surface area contributed by atoms with Gasteiger partial charge in [0.1, 0.15) is 0 Å². The Labute approximate surface area is 190 Å². The Morgan fingerprint density at radius 3 is 2.15 bits per heavy atom. The molecule has 2 heterocycles. The number of aliphatic carboxylic acids is 1. The molecule has 2 aromatic rings. The van der Waals surface area contributed by atoms with E-state index in [0.717, 1.165) is 31.1 Å². The minimum absolute atomic E-state index is 0.272. The normalized spacial score (nSPS) is 19.9. The van der Waals surface area contributed by atoms with Crippen molar-refractivity contribution in [3.63, 3.8) is 0 Å². The molecule has 1 unspecified atom stereocenters. The number of carboxylic acids is 1. The molecule has 1 saturated heterocycles. The number of carbonyl (C=O) groups excluding carboxylic acids is 1. The summed E-state index contributed by atoms with van der Waals surface area (Å²) in [6.45, 7) is 4.20. The number of likely N-dealkylation sites (tertiary alicyclic amines) is 1. The maximum atomic E-state index is 12.5. The van der Waals surface area contributed by atoms with Gasteiger partial charge < -0.3 is 14.9 Å². The molecule has 2 aromatic carbocycles.